The van der Waals surface area contributed by atoms with E-state index in [-0.39, 0.29) is 23.8 Å². The van der Waals surface area contributed by atoms with Gasteiger partial charge in [0.05, 0.1) is 25.9 Å². The van der Waals surface area contributed by atoms with Gasteiger partial charge in [0.1, 0.15) is 17.1 Å². The molecule has 8 heteroatoms. The van der Waals surface area contributed by atoms with Gasteiger partial charge in [0, 0.05) is 0 Å². The van der Waals surface area contributed by atoms with Crippen LogP contribution in [-0.2, 0) is 19.6 Å². The van der Waals surface area contributed by atoms with E-state index in [1.165, 1.54) is 26.4 Å². The van der Waals surface area contributed by atoms with E-state index in [0.29, 0.717) is 5.75 Å². The van der Waals surface area contributed by atoms with Crippen LogP contribution < -0.4 is 9.47 Å². The van der Waals surface area contributed by atoms with Crippen molar-refractivity contribution >= 4 is 12.1 Å². The first-order chi connectivity index (χ1) is 12.5. The maximum Gasteiger partial charge on any atom is 0.543 e. The van der Waals surface area contributed by atoms with Gasteiger partial charge in [0.2, 0.25) is 0 Å². The molecule has 1 aromatic rings. The number of rotatable bonds is 11. The fraction of sp³-hybridized carbons (Fsp3) is 0.556. The summed E-state index contributed by atoms with van der Waals surface area (Å²) >= 11 is 0. The molecular formula is C18H26O8. The van der Waals surface area contributed by atoms with E-state index in [1.807, 2.05) is 6.92 Å². The highest BCUT2D eigenvalue weighted by Gasteiger charge is 2.18. The lowest BCUT2D eigenvalue weighted by molar-refractivity contribution is -0.452. The van der Waals surface area contributed by atoms with Crippen molar-refractivity contribution < 1.29 is 38.6 Å². The normalized spacial score (nSPS) is 11.4. The van der Waals surface area contributed by atoms with E-state index < -0.39 is 12.1 Å². The van der Waals surface area contributed by atoms with Crippen LogP contribution in [0.3, 0.4) is 0 Å². The number of benzene rings is 1. The zero-order valence-electron chi connectivity index (χ0n) is 15.6. The minimum atomic E-state index is -1.08. The summed E-state index contributed by atoms with van der Waals surface area (Å²) in [7, 11) is 2.85. The zero-order chi connectivity index (χ0) is 19.4. The number of unbranched alkanes of at least 4 members (excludes halogenated alkanes) is 1. The summed E-state index contributed by atoms with van der Waals surface area (Å²) in [5.41, 5.74) is 0.0504. The quantitative estimate of drug-likeness (QED) is 0.327. The maximum atomic E-state index is 12.0. The summed E-state index contributed by atoms with van der Waals surface area (Å²) in [5, 5.41) is 4.21. The predicted molar refractivity (Wildman–Crippen MR) is 91.8 cm³/mol. The summed E-state index contributed by atoms with van der Waals surface area (Å²) in [6, 6.07) is 4.56. The Labute approximate surface area is 153 Å². The molecule has 0 aliphatic carbocycles. The number of carbonyl (C=O) groups is 2. The molecule has 146 valence electrons. The van der Waals surface area contributed by atoms with Crippen molar-refractivity contribution in [1.29, 1.82) is 0 Å². The Hall–Kier alpha value is -2.48. The van der Waals surface area contributed by atoms with Crippen LogP contribution in [0.15, 0.2) is 18.2 Å². The fourth-order valence-electron chi connectivity index (χ4n) is 2.20. The smallest absolute Gasteiger partial charge is 0.497 e. The summed E-state index contributed by atoms with van der Waals surface area (Å²) in [5.74, 6) is 0.0217. The second-order valence-corrected chi connectivity index (χ2v) is 5.57. The van der Waals surface area contributed by atoms with Gasteiger partial charge in [-0.25, -0.2) is 14.5 Å². The van der Waals surface area contributed by atoms with Crippen molar-refractivity contribution in [3.05, 3.63) is 23.8 Å². The van der Waals surface area contributed by atoms with Gasteiger partial charge in [0.25, 0.3) is 0 Å². The Balaban J connectivity index is 2.42. The minimum Gasteiger partial charge on any atom is -0.497 e. The Morgan fingerprint density at radius 1 is 1.08 bits per heavy atom. The minimum absolute atomic E-state index is 0.0504. The number of hydrogen-bond donors (Lipinski definition) is 0. The number of hydrogen-bond acceptors (Lipinski definition) is 8. The molecule has 8 nitrogen and oxygen atoms in total. The molecule has 0 bridgehead atoms. The van der Waals surface area contributed by atoms with Gasteiger partial charge in [-0.3, -0.25) is 4.89 Å². The first-order valence-electron chi connectivity index (χ1n) is 8.49. The van der Waals surface area contributed by atoms with Crippen LogP contribution in [0.1, 0.15) is 49.9 Å². The predicted octanol–water partition coefficient (Wildman–Crippen LogP) is 4.08. The highest BCUT2D eigenvalue weighted by Crippen LogP contribution is 2.24. The van der Waals surface area contributed by atoms with Crippen molar-refractivity contribution in [2.45, 2.75) is 39.5 Å². The van der Waals surface area contributed by atoms with Gasteiger partial charge in [-0.2, -0.15) is 0 Å². The molecule has 1 aromatic carbocycles. The Kier molecular flexibility index (Phi) is 9.93. The average Bonchev–Trinajstić information content (AvgIpc) is 2.67. The molecule has 1 unspecified atom stereocenters. The van der Waals surface area contributed by atoms with Crippen LogP contribution in [0.5, 0.6) is 11.5 Å². The summed E-state index contributed by atoms with van der Waals surface area (Å²) in [6.45, 7) is 4.34. The Morgan fingerprint density at radius 2 is 1.85 bits per heavy atom. The molecule has 0 N–H and O–H groups in total. The Morgan fingerprint density at radius 3 is 2.46 bits per heavy atom. The summed E-state index contributed by atoms with van der Waals surface area (Å²) < 4.78 is 15.0. The number of methoxy groups -OCH3 is 2. The van der Waals surface area contributed by atoms with E-state index in [1.54, 1.807) is 6.07 Å². The standard InChI is InChI=1S/C18H26O8/c1-5-7-8-13(6-2)12-23-18(20)25-26-24-17(19)15-11-14(21-3)9-10-16(15)22-4/h9-11,13H,5-8,12H2,1-4H3. The van der Waals surface area contributed by atoms with Crippen LogP contribution in [0.25, 0.3) is 0 Å². The first-order valence-corrected chi connectivity index (χ1v) is 8.49. The van der Waals surface area contributed by atoms with Crippen LogP contribution >= 0.6 is 0 Å². The largest absolute Gasteiger partial charge is 0.543 e. The highest BCUT2D eigenvalue weighted by atomic mass is 17.5. The lowest BCUT2D eigenvalue weighted by Crippen LogP contribution is -2.16. The molecule has 0 saturated heterocycles. The molecule has 0 spiro atoms. The second kappa shape index (κ2) is 12.0. The molecule has 0 saturated carbocycles. The van der Waals surface area contributed by atoms with Crippen molar-refractivity contribution in [1.82, 2.24) is 0 Å². The van der Waals surface area contributed by atoms with E-state index >= 15 is 0 Å². The van der Waals surface area contributed by atoms with Crippen LogP contribution in [0.2, 0.25) is 0 Å². The molecule has 0 aromatic heterocycles. The number of ether oxygens (including phenoxy) is 3. The second-order valence-electron chi connectivity index (χ2n) is 5.57. The molecule has 0 amide bonds. The monoisotopic (exact) mass is 370 g/mol. The molecule has 0 aliphatic heterocycles. The van der Waals surface area contributed by atoms with Gasteiger partial charge < -0.3 is 14.2 Å². The van der Waals surface area contributed by atoms with Crippen LogP contribution in [0, 0.1) is 5.92 Å². The molecule has 0 radical (unpaired) electrons. The molecule has 1 rings (SSSR count). The molecule has 0 aliphatic rings. The van der Waals surface area contributed by atoms with Gasteiger partial charge in [-0.1, -0.05) is 33.1 Å². The highest BCUT2D eigenvalue weighted by molar-refractivity contribution is 5.92. The first kappa shape index (κ1) is 21.6. The topological polar surface area (TPSA) is 89.5 Å². The molecule has 1 atom stereocenters. The molecule has 0 heterocycles. The maximum absolute atomic E-state index is 12.0. The molecule has 0 fully saturated rings. The van der Waals surface area contributed by atoms with Gasteiger partial charge in [-0.15, -0.1) is 0 Å². The Bertz CT molecular complexity index is 572. The van der Waals surface area contributed by atoms with Crippen molar-refractivity contribution in [2.75, 3.05) is 20.8 Å². The van der Waals surface area contributed by atoms with E-state index in [4.69, 9.17) is 14.2 Å². The van der Waals surface area contributed by atoms with E-state index in [9.17, 15) is 9.59 Å². The lowest BCUT2D eigenvalue weighted by Gasteiger charge is -2.13. The molecular weight excluding hydrogens is 344 g/mol. The van der Waals surface area contributed by atoms with Crippen molar-refractivity contribution in [3.8, 4) is 11.5 Å². The zero-order valence-corrected chi connectivity index (χ0v) is 15.6. The number of carbonyl (C=O) groups excluding carboxylic acids is 2. The van der Waals surface area contributed by atoms with Gasteiger partial charge >= 0.3 is 12.1 Å². The summed E-state index contributed by atoms with van der Waals surface area (Å²) in [6.07, 6.45) is 2.91. The van der Waals surface area contributed by atoms with Gasteiger partial charge in [-0.05, 0) is 30.5 Å². The SMILES string of the molecule is CCCCC(CC)COC(=O)OOOC(=O)c1cc(OC)ccc1OC. The fourth-order valence-corrected chi connectivity index (χ4v) is 2.20. The van der Waals surface area contributed by atoms with Gasteiger partial charge in [0.15, 0.2) is 0 Å². The van der Waals surface area contributed by atoms with E-state index in [0.717, 1.165) is 25.7 Å². The van der Waals surface area contributed by atoms with Crippen molar-refractivity contribution in [2.24, 2.45) is 5.92 Å². The third-order valence-corrected chi connectivity index (χ3v) is 3.82. The van der Waals surface area contributed by atoms with Crippen LogP contribution in [-0.4, -0.2) is 33.0 Å². The van der Waals surface area contributed by atoms with Crippen molar-refractivity contribution in [3.63, 3.8) is 0 Å². The third kappa shape index (κ3) is 7.18. The molecule has 26 heavy (non-hydrogen) atoms. The third-order valence-electron chi connectivity index (χ3n) is 3.82. The van der Waals surface area contributed by atoms with Crippen LogP contribution in [0.4, 0.5) is 4.79 Å². The lowest BCUT2D eigenvalue weighted by atomic mass is 10.0. The summed E-state index contributed by atoms with van der Waals surface area (Å²) in [4.78, 5) is 32.2. The average molecular weight is 370 g/mol. The van der Waals surface area contributed by atoms with E-state index in [2.05, 4.69) is 21.7 Å².